The fourth-order valence-corrected chi connectivity index (χ4v) is 3.52. The first-order valence-corrected chi connectivity index (χ1v) is 8.67. The van der Waals surface area contributed by atoms with Crippen LogP contribution >= 0.6 is 0 Å². The molecule has 2 aromatic heterocycles. The van der Waals surface area contributed by atoms with E-state index in [2.05, 4.69) is 94.0 Å². The van der Waals surface area contributed by atoms with Crippen molar-refractivity contribution in [3.63, 3.8) is 0 Å². The molecule has 1 fully saturated rings. The smallest absolute Gasteiger partial charge is 0.287 e. The van der Waals surface area contributed by atoms with Gasteiger partial charge in [-0.15, -0.1) is 0 Å². The molecule has 0 unspecified atom stereocenters. The number of hydrogen-bond acceptors (Lipinski definition) is 1. The molecule has 1 atom stereocenters. The van der Waals surface area contributed by atoms with Crippen molar-refractivity contribution in [2.75, 3.05) is 6.61 Å². The first-order valence-electron chi connectivity index (χ1n) is 8.67. The van der Waals surface area contributed by atoms with Gasteiger partial charge in [0.2, 0.25) is 0 Å². The topological polar surface area (TPSA) is 20.8 Å². The molecule has 0 bridgehead atoms. The van der Waals surface area contributed by atoms with Gasteiger partial charge in [-0.1, -0.05) is 66.7 Å². The highest BCUT2D eigenvalue weighted by molar-refractivity contribution is 5.78. The number of nitrogens with zero attached hydrogens (tertiary/aromatic N) is 2. The Morgan fingerprint density at radius 2 is 1.48 bits per heavy atom. The lowest BCUT2D eigenvalue weighted by atomic mass is 10.0. The molecule has 5 rings (SSSR count). The summed E-state index contributed by atoms with van der Waals surface area (Å²) in [5.74, 6) is 0. The zero-order valence-corrected chi connectivity index (χ0v) is 13.9. The van der Waals surface area contributed by atoms with Crippen LogP contribution in [0.2, 0.25) is 0 Å². The maximum atomic E-state index is 5.54. The molecule has 0 radical (unpaired) electrons. The van der Waals surface area contributed by atoms with Crippen molar-refractivity contribution in [2.24, 2.45) is 0 Å². The Labute approximate surface area is 146 Å². The summed E-state index contributed by atoms with van der Waals surface area (Å²) in [6.07, 6.45) is 2.47. The average molecular weight is 327 g/mol. The fourth-order valence-electron chi connectivity index (χ4n) is 3.52. The molecular formula is C22H19N2O+. The SMILES string of the molecule is c1ccc(-c2c(-c3ccccc3)[n+](C[C@H]3CO3)c3ccccn23)cc1. The van der Waals surface area contributed by atoms with Gasteiger partial charge in [0.05, 0.1) is 12.8 Å². The molecule has 3 heterocycles. The summed E-state index contributed by atoms with van der Waals surface area (Å²) in [6, 6.07) is 27.6. The van der Waals surface area contributed by atoms with Crippen molar-refractivity contribution in [1.82, 2.24) is 4.40 Å². The van der Waals surface area contributed by atoms with Crippen LogP contribution in [0.1, 0.15) is 0 Å². The third kappa shape index (κ3) is 2.53. The zero-order chi connectivity index (χ0) is 16.6. The van der Waals surface area contributed by atoms with Crippen LogP contribution in [-0.4, -0.2) is 17.1 Å². The highest BCUT2D eigenvalue weighted by Crippen LogP contribution is 2.32. The van der Waals surface area contributed by atoms with Gasteiger partial charge in [-0.3, -0.25) is 0 Å². The molecule has 0 aliphatic carbocycles. The van der Waals surface area contributed by atoms with Gasteiger partial charge in [-0.2, -0.15) is 4.40 Å². The predicted molar refractivity (Wildman–Crippen MR) is 98.2 cm³/mol. The van der Waals surface area contributed by atoms with Crippen molar-refractivity contribution < 1.29 is 9.30 Å². The fraction of sp³-hybridized carbons (Fsp3) is 0.136. The second-order valence-corrected chi connectivity index (χ2v) is 6.42. The Kier molecular flexibility index (Phi) is 3.39. The Hall–Kier alpha value is -2.91. The lowest BCUT2D eigenvalue weighted by molar-refractivity contribution is -0.661. The van der Waals surface area contributed by atoms with Gasteiger partial charge < -0.3 is 4.74 Å². The molecule has 4 aromatic rings. The van der Waals surface area contributed by atoms with E-state index in [0.29, 0.717) is 6.10 Å². The van der Waals surface area contributed by atoms with E-state index in [1.165, 1.54) is 28.2 Å². The van der Waals surface area contributed by atoms with E-state index in [9.17, 15) is 0 Å². The predicted octanol–water partition coefficient (Wildman–Crippen LogP) is 3.96. The molecule has 1 aliphatic rings. The zero-order valence-electron chi connectivity index (χ0n) is 13.9. The average Bonchev–Trinajstić information content (AvgIpc) is 3.44. The number of pyridine rings is 1. The van der Waals surface area contributed by atoms with Gasteiger partial charge in [-0.25, -0.2) is 4.57 Å². The van der Waals surface area contributed by atoms with E-state index in [1.807, 2.05) is 0 Å². The van der Waals surface area contributed by atoms with Crippen molar-refractivity contribution in [3.8, 4) is 22.5 Å². The second-order valence-electron chi connectivity index (χ2n) is 6.42. The molecule has 1 aliphatic heterocycles. The molecule has 25 heavy (non-hydrogen) atoms. The summed E-state index contributed by atoms with van der Waals surface area (Å²) >= 11 is 0. The van der Waals surface area contributed by atoms with Crippen LogP contribution in [0.4, 0.5) is 0 Å². The van der Waals surface area contributed by atoms with Crippen LogP contribution in [0, 0.1) is 0 Å². The van der Waals surface area contributed by atoms with Crippen LogP contribution in [0.25, 0.3) is 28.2 Å². The first-order chi connectivity index (χ1) is 12.4. The normalized spacial score (nSPS) is 16.2. The number of fused-ring (bicyclic) bond motifs is 1. The van der Waals surface area contributed by atoms with Gasteiger partial charge in [0.25, 0.3) is 5.65 Å². The van der Waals surface area contributed by atoms with Crippen molar-refractivity contribution in [2.45, 2.75) is 12.6 Å². The second kappa shape index (κ2) is 5.87. The minimum absolute atomic E-state index is 0.322. The number of ether oxygens (including phenoxy) is 1. The standard InChI is InChI=1S/C22H19N2O/c1-3-9-17(10-4-1)21-22(18-11-5-2-6-12-18)24(15-19-16-25-19)20-13-7-8-14-23(20)21/h1-14,19H,15-16H2/q+1/t19-/m0/s1. The van der Waals surface area contributed by atoms with E-state index >= 15 is 0 Å². The lowest BCUT2D eigenvalue weighted by Gasteiger charge is -2.04. The van der Waals surface area contributed by atoms with E-state index in [0.717, 1.165) is 13.2 Å². The molecule has 0 N–H and O–H groups in total. The Morgan fingerprint density at radius 1 is 0.840 bits per heavy atom. The van der Waals surface area contributed by atoms with Gasteiger partial charge in [0.15, 0.2) is 11.4 Å². The third-order valence-corrected chi connectivity index (χ3v) is 4.73. The van der Waals surface area contributed by atoms with Gasteiger partial charge >= 0.3 is 0 Å². The number of benzene rings is 2. The van der Waals surface area contributed by atoms with Crippen LogP contribution in [0.5, 0.6) is 0 Å². The van der Waals surface area contributed by atoms with Gasteiger partial charge in [0.1, 0.15) is 12.6 Å². The van der Waals surface area contributed by atoms with E-state index < -0.39 is 0 Å². The maximum Gasteiger partial charge on any atom is 0.287 e. The van der Waals surface area contributed by atoms with Crippen LogP contribution < -0.4 is 4.57 Å². The summed E-state index contributed by atoms with van der Waals surface area (Å²) in [5.41, 5.74) is 6.11. The van der Waals surface area contributed by atoms with Crippen molar-refractivity contribution in [1.29, 1.82) is 0 Å². The third-order valence-electron chi connectivity index (χ3n) is 4.73. The molecule has 1 saturated heterocycles. The summed E-state index contributed by atoms with van der Waals surface area (Å²) < 4.78 is 10.2. The highest BCUT2D eigenvalue weighted by atomic mass is 16.6. The first kappa shape index (κ1) is 14.4. The monoisotopic (exact) mass is 327 g/mol. The van der Waals surface area contributed by atoms with Crippen LogP contribution in [-0.2, 0) is 11.3 Å². The molecule has 122 valence electrons. The highest BCUT2D eigenvalue weighted by Gasteiger charge is 2.33. The summed E-state index contributed by atoms with van der Waals surface area (Å²) in [6.45, 7) is 1.73. The number of rotatable bonds is 4. The van der Waals surface area contributed by atoms with E-state index in [4.69, 9.17) is 4.74 Å². The lowest BCUT2D eigenvalue weighted by Crippen LogP contribution is -2.37. The van der Waals surface area contributed by atoms with E-state index in [-0.39, 0.29) is 0 Å². The van der Waals surface area contributed by atoms with Gasteiger partial charge in [0, 0.05) is 17.2 Å². The summed E-state index contributed by atoms with van der Waals surface area (Å²) in [5, 5.41) is 0. The summed E-state index contributed by atoms with van der Waals surface area (Å²) in [4.78, 5) is 0. The Bertz CT molecular complexity index is 1020. The number of imidazole rings is 1. The van der Waals surface area contributed by atoms with Gasteiger partial charge in [-0.05, 0) is 6.07 Å². The largest absolute Gasteiger partial charge is 0.369 e. The number of hydrogen-bond donors (Lipinski definition) is 0. The van der Waals surface area contributed by atoms with E-state index in [1.54, 1.807) is 0 Å². The molecule has 0 amide bonds. The minimum Gasteiger partial charge on any atom is -0.369 e. The summed E-state index contributed by atoms with van der Waals surface area (Å²) in [7, 11) is 0. The minimum atomic E-state index is 0.322. The Morgan fingerprint density at radius 3 is 2.16 bits per heavy atom. The number of epoxide rings is 1. The van der Waals surface area contributed by atoms with Crippen molar-refractivity contribution in [3.05, 3.63) is 85.1 Å². The maximum absolute atomic E-state index is 5.54. The molecule has 2 aromatic carbocycles. The molecule has 3 heteroatoms. The Balaban J connectivity index is 1.87. The van der Waals surface area contributed by atoms with Crippen molar-refractivity contribution >= 4 is 5.65 Å². The molecular weight excluding hydrogens is 308 g/mol. The molecule has 0 saturated carbocycles. The number of aromatic nitrogens is 2. The quantitative estimate of drug-likeness (QED) is 0.410. The molecule has 3 nitrogen and oxygen atoms in total. The van der Waals surface area contributed by atoms with Crippen LogP contribution in [0.3, 0.4) is 0 Å². The van der Waals surface area contributed by atoms with Crippen LogP contribution in [0.15, 0.2) is 85.1 Å². The molecule has 0 spiro atoms.